The van der Waals surface area contributed by atoms with Crippen LogP contribution in [0.2, 0.25) is 0 Å². The Kier molecular flexibility index (Phi) is 5.93. The van der Waals surface area contributed by atoms with Crippen molar-refractivity contribution in [2.45, 2.75) is 32.9 Å². The van der Waals surface area contributed by atoms with Crippen LogP contribution in [0.25, 0.3) is 0 Å². The van der Waals surface area contributed by atoms with Crippen molar-refractivity contribution in [2.75, 3.05) is 27.3 Å². The Morgan fingerprint density at radius 3 is 2.81 bits per heavy atom. The molecule has 0 aliphatic carbocycles. The Bertz CT molecular complexity index is 757. The molecule has 6 heteroatoms. The molecule has 3 rings (SSSR count). The summed E-state index contributed by atoms with van der Waals surface area (Å²) in [5, 5.41) is 0. The van der Waals surface area contributed by atoms with E-state index in [0.717, 1.165) is 44.8 Å². The number of hydrogen-bond acceptors (Lipinski definition) is 5. The van der Waals surface area contributed by atoms with Crippen LogP contribution in [-0.4, -0.2) is 47.5 Å². The Balaban J connectivity index is 1.70. The third-order valence-electron chi connectivity index (χ3n) is 5.05. The number of carbonyl (C=O) groups is 1. The highest BCUT2D eigenvalue weighted by Crippen LogP contribution is 2.30. The lowest BCUT2D eigenvalue weighted by Gasteiger charge is -2.31. The Labute approximate surface area is 154 Å². The molecule has 0 bridgehead atoms. The molecule has 1 unspecified atom stereocenters. The van der Waals surface area contributed by atoms with Crippen molar-refractivity contribution >= 4 is 5.78 Å². The summed E-state index contributed by atoms with van der Waals surface area (Å²) in [4.78, 5) is 19.8. The zero-order valence-electron chi connectivity index (χ0n) is 15.8. The number of aromatic nitrogens is 2. The van der Waals surface area contributed by atoms with Crippen LogP contribution >= 0.6 is 0 Å². The van der Waals surface area contributed by atoms with Crippen molar-refractivity contribution in [1.82, 2.24) is 14.5 Å². The first-order valence-corrected chi connectivity index (χ1v) is 9.14. The molecule has 1 aliphatic heterocycles. The van der Waals surface area contributed by atoms with Gasteiger partial charge in [0.25, 0.3) is 0 Å². The molecule has 0 N–H and O–H groups in total. The fourth-order valence-corrected chi connectivity index (χ4v) is 3.62. The van der Waals surface area contributed by atoms with Gasteiger partial charge in [0.05, 0.1) is 20.8 Å². The van der Waals surface area contributed by atoms with Gasteiger partial charge in [-0.25, -0.2) is 4.98 Å². The van der Waals surface area contributed by atoms with Crippen molar-refractivity contribution in [2.24, 2.45) is 5.92 Å². The van der Waals surface area contributed by atoms with Crippen LogP contribution < -0.4 is 9.47 Å². The summed E-state index contributed by atoms with van der Waals surface area (Å²) >= 11 is 0. The molecule has 26 heavy (non-hydrogen) atoms. The number of methoxy groups -OCH3 is 2. The molecule has 2 aromatic rings. The summed E-state index contributed by atoms with van der Waals surface area (Å²) in [5.41, 5.74) is 0.685. The van der Waals surface area contributed by atoms with Crippen LogP contribution in [0.5, 0.6) is 11.5 Å². The topological polar surface area (TPSA) is 56.6 Å². The number of likely N-dealkylation sites (tertiary alicyclic amines) is 1. The minimum Gasteiger partial charge on any atom is -0.493 e. The first-order chi connectivity index (χ1) is 12.7. The van der Waals surface area contributed by atoms with Gasteiger partial charge in [-0.2, -0.15) is 0 Å². The van der Waals surface area contributed by atoms with Crippen molar-refractivity contribution in [3.05, 3.63) is 42.0 Å². The molecule has 1 aromatic heterocycles. The number of ketones is 1. The summed E-state index contributed by atoms with van der Waals surface area (Å²) in [7, 11) is 3.18. The molecule has 0 spiro atoms. The molecule has 0 radical (unpaired) electrons. The van der Waals surface area contributed by atoms with Gasteiger partial charge in [-0.15, -0.1) is 0 Å². The zero-order chi connectivity index (χ0) is 18.5. The van der Waals surface area contributed by atoms with Crippen LogP contribution in [0, 0.1) is 5.92 Å². The van der Waals surface area contributed by atoms with Gasteiger partial charge in [-0.1, -0.05) is 0 Å². The molecule has 0 saturated carbocycles. The number of Topliss-reactive ketones (excluding diaryl/α,β-unsaturated/α-hetero) is 1. The van der Waals surface area contributed by atoms with E-state index in [9.17, 15) is 4.79 Å². The highest BCUT2D eigenvalue weighted by atomic mass is 16.5. The fourth-order valence-electron chi connectivity index (χ4n) is 3.62. The molecule has 140 valence electrons. The Morgan fingerprint density at radius 2 is 2.08 bits per heavy atom. The normalized spacial score (nSPS) is 17.9. The summed E-state index contributed by atoms with van der Waals surface area (Å²) in [6.07, 6.45) is 5.79. The zero-order valence-corrected chi connectivity index (χ0v) is 15.8. The van der Waals surface area contributed by atoms with E-state index in [0.29, 0.717) is 17.1 Å². The highest BCUT2D eigenvalue weighted by Gasteiger charge is 2.27. The van der Waals surface area contributed by atoms with E-state index in [4.69, 9.17) is 9.47 Å². The van der Waals surface area contributed by atoms with Crippen LogP contribution in [-0.2, 0) is 13.1 Å². The summed E-state index contributed by atoms with van der Waals surface area (Å²) in [5.74, 6) is 2.48. The Morgan fingerprint density at radius 1 is 1.27 bits per heavy atom. The van der Waals surface area contributed by atoms with E-state index in [-0.39, 0.29) is 11.7 Å². The van der Waals surface area contributed by atoms with Gasteiger partial charge < -0.3 is 14.0 Å². The maximum absolute atomic E-state index is 13.0. The lowest BCUT2D eigenvalue weighted by atomic mass is 9.90. The highest BCUT2D eigenvalue weighted by molar-refractivity contribution is 5.98. The smallest absolute Gasteiger partial charge is 0.167 e. The number of rotatable bonds is 7. The SMILES string of the molecule is CCn1ccnc1CN1CCCC(C(=O)c2ccc(OC)c(OC)c2)C1. The standard InChI is InChI=1S/C20H27N3O3/c1-4-23-11-9-21-19(23)14-22-10-5-6-16(13-22)20(24)15-7-8-17(25-2)18(12-15)26-3/h7-9,11-12,16H,4-6,10,13-14H2,1-3H3. The van der Waals surface area contributed by atoms with Gasteiger partial charge in [0.1, 0.15) is 5.82 Å². The van der Waals surface area contributed by atoms with E-state index >= 15 is 0 Å². The van der Waals surface area contributed by atoms with Crippen LogP contribution in [0.3, 0.4) is 0 Å². The van der Waals surface area contributed by atoms with Crippen molar-refractivity contribution in [3.8, 4) is 11.5 Å². The maximum atomic E-state index is 13.0. The number of benzene rings is 1. The predicted molar refractivity (Wildman–Crippen MR) is 99.8 cm³/mol. The lowest BCUT2D eigenvalue weighted by Crippen LogP contribution is -2.38. The fraction of sp³-hybridized carbons (Fsp3) is 0.500. The summed E-state index contributed by atoms with van der Waals surface area (Å²) in [6.45, 7) is 5.59. The molecule has 1 fully saturated rings. The molecule has 1 saturated heterocycles. The van der Waals surface area contributed by atoms with Crippen molar-refractivity contribution in [3.63, 3.8) is 0 Å². The molecule has 1 aromatic carbocycles. The van der Waals surface area contributed by atoms with Gasteiger partial charge in [0.2, 0.25) is 0 Å². The number of ether oxygens (including phenoxy) is 2. The largest absolute Gasteiger partial charge is 0.493 e. The predicted octanol–water partition coefficient (Wildman–Crippen LogP) is 3.02. The molecule has 2 heterocycles. The van der Waals surface area contributed by atoms with E-state index < -0.39 is 0 Å². The number of aryl methyl sites for hydroxylation is 1. The number of carbonyl (C=O) groups excluding carboxylic acids is 1. The minimum absolute atomic E-state index is 0.00638. The van der Waals surface area contributed by atoms with Gasteiger partial charge in [0, 0.05) is 37.0 Å². The van der Waals surface area contributed by atoms with Gasteiger partial charge in [-0.05, 0) is 44.5 Å². The Hall–Kier alpha value is -2.34. The number of hydrogen-bond donors (Lipinski definition) is 0. The second kappa shape index (κ2) is 8.36. The van der Waals surface area contributed by atoms with Crippen LogP contribution in [0.15, 0.2) is 30.6 Å². The van der Waals surface area contributed by atoms with Crippen LogP contribution in [0.1, 0.15) is 35.9 Å². The quantitative estimate of drug-likeness (QED) is 0.713. The second-order valence-electron chi connectivity index (χ2n) is 6.64. The first kappa shape index (κ1) is 18.5. The molecule has 1 aliphatic rings. The average molecular weight is 357 g/mol. The number of piperidine rings is 1. The first-order valence-electron chi connectivity index (χ1n) is 9.14. The molecule has 0 amide bonds. The van der Waals surface area contributed by atoms with E-state index in [1.807, 2.05) is 18.5 Å². The van der Waals surface area contributed by atoms with Crippen molar-refractivity contribution in [1.29, 1.82) is 0 Å². The van der Waals surface area contributed by atoms with E-state index in [2.05, 4.69) is 21.4 Å². The third-order valence-corrected chi connectivity index (χ3v) is 5.05. The monoisotopic (exact) mass is 357 g/mol. The van der Waals surface area contributed by atoms with Gasteiger partial charge >= 0.3 is 0 Å². The third kappa shape index (κ3) is 3.90. The number of nitrogens with zero attached hydrogens (tertiary/aromatic N) is 3. The molecule has 1 atom stereocenters. The van der Waals surface area contributed by atoms with Crippen molar-refractivity contribution < 1.29 is 14.3 Å². The van der Waals surface area contributed by atoms with E-state index in [1.54, 1.807) is 26.4 Å². The summed E-state index contributed by atoms with van der Waals surface area (Å²) < 4.78 is 12.7. The van der Waals surface area contributed by atoms with Crippen LogP contribution in [0.4, 0.5) is 0 Å². The second-order valence-corrected chi connectivity index (χ2v) is 6.64. The van der Waals surface area contributed by atoms with Gasteiger partial charge in [0.15, 0.2) is 17.3 Å². The maximum Gasteiger partial charge on any atom is 0.167 e. The average Bonchev–Trinajstić information content (AvgIpc) is 3.14. The molecular weight excluding hydrogens is 330 g/mol. The lowest BCUT2D eigenvalue weighted by molar-refractivity contribution is 0.0806. The molecule has 6 nitrogen and oxygen atoms in total. The minimum atomic E-state index is 0.00638. The summed E-state index contributed by atoms with van der Waals surface area (Å²) in [6, 6.07) is 5.40. The molecular formula is C20H27N3O3. The van der Waals surface area contributed by atoms with E-state index in [1.165, 1.54) is 0 Å². The van der Waals surface area contributed by atoms with Gasteiger partial charge in [-0.3, -0.25) is 9.69 Å². The number of imidazole rings is 1.